The summed E-state index contributed by atoms with van der Waals surface area (Å²) in [5.41, 5.74) is 0.964. The Bertz CT molecular complexity index is 303. The number of aliphatic hydroxyl groups excluding tert-OH is 1. The van der Waals surface area contributed by atoms with Crippen LogP contribution in [0.4, 0.5) is 5.95 Å². The van der Waals surface area contributed by atoms with Crippen molar-refractivity contribution in [3.8, 4) is 0 Å². The van der Waals surface area contributed by atoms with Crippen LogP contribution >= 0.6 is 0 Å². The predicted molar refractivity (Wildman–Crippen MR) is 49.6 cm³/mol. The molecule has 0 aliphatic carbocycles. The van der Waals surface area contributed by atoms with Gasteiger partial charge in [-0.1, -0.05) is 0 Å². The highest BCUT2D eigenvalue weighted by molar-refractivity contribution is 5.31. The highest BCUT2D eigenvalue weighted by atomic mass is 16.3. The van der Waals surface area contributed by atoms with Gasteiger partial charge in [-0.25, -0.2) is 9.97 Å². The molecule has 1 atom stereocenters. The summed E-state index contributed by atoms with van der Waals surface area (Å²) in [7, 11) is 0. The van der Waals surface area contributed by atoms with Gasteiger partial charge in [-0.05, 0) is 19.4 Å². The SMILES string of the molecule is Cc1ccnc(N2CC[C@H](O)C2)n1. The van der Waals surface area contributed by atoms with Gasteiger partial charge < -0.3 is 10.0 Å². The highest BCUT2D eigenvalue weighted by Gasteiger charge is 2.21. The zero-order valence-electron chi connectivity index (χ0n) is 7.64. The first-order valence-electron chi connectivity index (χ1n) is 4.48. The van der Waals surface area contributed by atoms with Crippen molar-refractivity contribution in [1.82, 2.24) is 9.97 Å². The first-order chi connectivity index (χ1) is 6.25. The summed E-state index contributed by atoms with van der Waals surface area (Å²) in [4.78, 5) is 10.5. The third-order valence-electron chi connectivity index (χ3n) is 2.23. The number of hydrogen-bond donors (Lipinski definition) is 1. The summed E-state index contributed by atoms with van der Waals surface area (Å²) >= 11 is 0. The van der Waals surface area contributed by atoms with E-state index in [0.717, 1.165) is 24.6 Å². The van der Waals surface area contributed by atoms with Gasteiger partial charge in [0.15, 0.2) is 0 Å². The number of aliphatic hydroxyl groups is 1. The van der Waals surface area contributed by atoms with Crippen molar-refractivity contribution in [3.05, 3.63) is 18.0 Å². The second-order valence-electron chi connectivity index (χ2n) is 3.39. The van der Waals surface area contributed by atoms with Crippen LogP contribution in [0.5, 0.6) is 0 Å². The lowest BCUT2D eigenvalue weighted by atomic mass is 10.3. The van der Waals surface area contributed by atoms with E-state index in [9.17, 15) is 5.11 Å². The lowest BCUT2D eigenvalue weighted by Gasteiger charge is -2.14. The van der Waals surface area contributed by atoms with Crippen LogP contribution in [0.3, 0.4) is 0 Å². The minimum atomic E-state index is -0.218. The Kier molecular flexibility index (Phi) is 2.14. The number of aromatic nitrogens is 2. The van der Waals surface area contributed by atoms with E-state index in [1.807, 2.05) is 17.9 Å². The molecule has 0 aromatic carbocycles. The van der Waals surface area contributed by atoms with Crippen molar-refractivity contribution in [1.29, 1.82) is 0 Å². The van der Waals surface area contributed by atoms with Crippen LogP contribution in [0, 0.1) is 6.92 Å². The molecule has 0 unspecified atom stereocenters. The minimum absolute atomic E-state index is 0.218. The van der Waals surface area contributed by atoms with Crippen molar-refractivity contribution < 1.29 is 5.11 Å². The summed E-state index contributed by atoms with van der Waals surface area (Å²) < 4.78 is 0. The summed E-state index contributed by atoms with van der Waals surface area (Å²) in [6, 6.07) is 1.87. The normalized spacial score (nSPS) is 22.3. The van der Waals surface area contributed by atoms with E-state index in [4.69, 9.17) is 0 Å². The Hall–Kier alpha value is -1.16. The number of nitrogens with zero attached hydrogens (tertiary/aromatic N) is 3. The van der Waals surface area contributed by atoms with Crippen LogP contribution in [-0.4, -0.2) is 34.3 Å². The average Bonchev–Trinajstić information content (AvgIpc) is 2.52. The quantitative estimate of drug-likeness (QED) is 0.676. The van der Waals surface area contributed by atoms with Crippen LogP contribution < -0.4 is 4.90 Å². The van der Waals surface area contributed by atoms with Crippen LogP contribution in [-0.2, 0) is 0 Å². The number of rotatable bonds is 1. The molecule has 1 fully saturated rings. The summed E-state index contributed by atoms with van der Waals surface area (Å²) in [6.45, 7) is 3.45. The number of β-amino-alcohol motifs (C(OH)–C–C–N with tert-alkyl or cyclic N) is 1. The summed E-state index contributed by atoms with van der Waals surface area (Å²) in [5.74, 6) is 0.733. The van der Waals surface area contributed by atoms with E-state index in [1.54, 1.807) is 6.20 Å². The van der Waals surface area contributed by atoms with E-state index in [0.29, 0.717) is 6.54 Å². The Morgan fingerprint density at radius 2 is 2.46 bits per heavy atom. The third kappa shape index (κ3) is 1.78. The van der Waals surface area contributed by atoms with Crippen molar-refractivity contribution in [2.75, 3.05) is 18.0 Å². The molecule has 2 heterocycles. The smallest absolute Gasteiger partial charge is 0.225 e. The van der Waals surface area contributed by atoms with Crippen molar-refractivity contribution in [2.24, 2.45) is 0 Å². The molecular weight excluding hydrogens is 166 g/mol. The number of hydrogen-bond acceptors (Lipinski definition) is 4. The van der Waals surface area contributed by atoms with Gasteiger partial charge in [0.2, 0.25) is 5.95 Å². The maximum Gasteiger partial charge on any atom is 0.225 e. The van der Waals surface area contributed by atoms with Gasteiger partial charge in [0.25, 0.3) is 0 Å². The van der Waals surface area contributed by atoms with Crippen LogP contribution in [0.25, 0.3) is 0 Å². The average molecular weight is 179 g/mol. The van der Waals surface area contributed by atoms with E-state index >= 15 is 0 Å². The molecule has 1 aliphatic heterocycles. The van der Waals surface area contributed by atoms with E-state index in [2.05, 4.69) is 9.97 Å². The maximum absolute atomic E-state index is 9.33. The largest absolute Gasteiger partial charge is 0.391 e. The molecule has 1 saturated heterocycles. The van der Waals surface area contributed by atoms with Crippen LogP contribution in [0.2, 0.25) is 0 Å². The molecule has 0 spiro atoms. The van der Waals surface area contributed by atoms with Crippen LogP contribution in [0.15, 0.2) is 12.3 Å². The second-order valence-corrected chi connectivity index (χ2v) is 3.39. The molecule has 13 heavy (non-hydrogen) atoms. The first kappa shape index (κ1) is 8.44. The fourth-order valence-corrected chi connectivity index (χ4v) is 1.51. The second kappa shape index (κ2) is 3.30. The zero-order chi connectivity index (χ0) is 9.26. The Balaban J connectivity index is 2.16. The molecule has 2 rings (SSSR count). The zero-order valence-corrected chi connectivity index (χ0v) is 7.64. The molecule has 4 nitrogen and oxygen atoms in total. The Labute approximate surface area is 77.2 Å². The van der Waals surface area contributed by atoms with Gasteiger partial charge in [0.05, 0.1) is 6.10 Å². The summed E-state index contributed by atoms with van der Waals surface area (Å²) in [5, 5.41) is 9.33. The molecule has 0 saturated carbocycles. The molecule has 1 aromatic rings. The molecule has 1 N–H and O–H groups in total. The lowest BCUT2D eigenvalue weighted by Crippen LogP contribution is -2.23. The van der Waals surface area contributed by atoms with Gasteiger partial charge in [-0.15, -0.1) is 0 Å². The van der Waals surface area contributed by atoms with E-state index in [1.165, 1.54) is 0 Å². The van der Waals surface area contributed by atoms with Gasteiger partial charge in [0.1, 0.15) is 0 Å². The lowest BCUT2D eigenvalue weighted by molar-refractivity contribution is 0.198. The minimum Gasteiger partial charge on any atom is -0.391 e. The molecule has 0 amide bonds. The van der Waals surface area contributed by atoms with Gasteiger partial charge >= 0.3 is 0 Å². The highest BCUT2D eigenvalue weighted by Crippen LogP contribution is 2.15. The Morgan fingerprint density at radius 1 is 1.62 bits per heavy atom. The topological polar surface area (TPSA) is 49.2 Å². The number of anilines is 1. The van der Waals surface area contributed by atoms with Gasteiger partial charge in [-0.2, -0.15) is 0 Å². The Morgan fingerprint density at radius 3 is 3.08 bits per heavy atom. The molecule has 4 heteroatoms. The number of aryl methyl sites for hydroxylation is 1. The van der Waals surface area contributed by atoms with E-state index < -0.39 is 0 Å². The first-order valence-corrected chi connectivity index (χ1v) is 4.48. The fourth-order valence-electron chi connectivity index (χ4n) is 1.51. The van der Waals surface area contributed by atoms with Crippen molar-refractivity contribution >= 4 is 5.95 Å². The van der Waals surface area contributed by atoms with Crippen molar-refractivity contribution in [3.63, 3.8) is 0 Å². The molecule has 70 valence electrons. The maximum atomic E-state index is 9.33. The molecular formula is C9H13N3O. The molecule has 0 bridgehead atoms. The molecule has 0 radical (unpaired) electrons. The van der Waals surface area contributed by atoms with Crippen molar-refractivity contribution in [2.45, 2.75) is 19.4 Å². The standard InChI is InChI=1S/C9H13N3O/c1-7-2-4-10-9(11-7)12-5-3-8(13)6-12/h2,4,8,13H,3,5-6H2,1H3/t8-/m0/s1. The fraction of sp³-hybridized carbons (Fsp3) is 0.556. The van der Waals surface area contributed by atoms with Gasteiger partial charge in [-0.3, -0.25) is 0 Å². The third-order valence-corrected chi connectivity index (χ3v) is 2.23. The summed E-state index contributed by atoms with van der Waals surface area (Å²) in [6.07, 6.45) is 2.35. The van der Waals surface area contributed by atoms with Crippen LogP contribution in [0.1, 0.15) is 12.1 Å². The molecule has 1 aliphatic rings. The van der Waals surface area contributed by atoms with Gasteiger partial charge in [0, 0.05) is 25.0 Å². The molecule has 1 aromatic heterocycles. The van der Waals surface area contributed by atoms with E-state index in [-0.39, 0.29) is 6.10 Å². The monoisotopic (exact) mass is 179 g/mol. The predicted octanol–water partition coefficient (Wildman–Crippen LogP) is 0.356.